The third-order valence-electron chi connectivity index (χ3n) is 3.63. The van der Waals surface area contributed by atoms with Gasteiger partial charge in [0, 0.05) is 18.0 Å². The summed E-state index contributed by atoms with van der Waals surface area (Å²) >= 11 is 6.21. The summed E-state index contributed by atoms with van der Waals surface area (Å²) in [5, 5.41) is 3.45. The molecule has 2 rings (SSSR count). The van der Waals surface area contributed by atoms with Gasteiger partial charge in [0.25, 0.3) is 5.91 Å². The Balaban J connectivity index is 2.22. The molecule has 1 aromatic carbocycles. The quantitative estimate of drug-likeness (QED) is 0.923. The van der Waals surface area contributed by atoms with E-state index in [-0.39, 0.29) is 11.9 Å². The molecular formula is C16H22ClNO3. The minimum atomic E-state index is -0.131. The largest absolute Gasteiger partial charge is 0.489 e. The fourth-order valence-corrected chi connectivity index (χ4v) is 2.62. The van der Waals surface area contributed by atoms with E-state index in [1.165, 1.54) is 0 Å². The van der Waals surface area contributed by atoms with Gasteiger partial charge in [0.15, 0.2) is 11.5 Å². The molecule has 0 spiro atoms. The predicted octanol–water partition coefficient (Wildman–Crippen LogP) is 3.67. The fraction of sp³-hybridized carbons (Fsp3) is 0.562. The molecule has 1 aromatic rings. The summed E-state index contributed by atoms with van der Waals surface area (Å²) in [6, 6.07) is 3.49. The van der Waals surface area contributed by atoms with Crippen molar-refractivity contribution in [2.24, 2.45) is 5.92 Å². The van der Waals surface area contributed by atoms with Crippen molar-refractivity contribution in [3.63, 3.8) is 0 Å². The maximum Gasteiger partial charge on any atom is 0.251 e. The Kier molecular flexibility index (Phi) is 5.34. The first kappa shape index (κ1) is 16.0. The first-order valence-corrected chi connectivity index (χ1v) is 7.80. The van der Waals surface area contributed by atoms with Crippen LogP contribution in [-0.2, 0) is 0 Å². The van der Waals surface area contributed by atoms with Crippen LogP contribution < -0.4 is 14.8 Å². The Labute approximate surface area is 130 Å². The van der Waals surface area contributed by atoms with E-state index < -0.39 is 0 Å². The van der Waals surface area contributed by atoms with Crippen LogP contribution in [0.5, 0.6) is 11.5 Å². The van der Waals surface area contributed by atoms with Crippen molar-refractivity contribution in [2.75, 3.05) is 13.2 Å². The number of rotatable bonds is 4. The van der Waals surface area contributed by atoms with Crippen LogP contribution in [-0.4, -0.2) is 25.2 Å². The van der Waals surface area contributed by atoms with E-state index in [4.69, 9.17) is 21.1 Å². The first-order chi connectivity index (χ1) is 10.0. The number of ether oxygens (including phenoxy) is 2. The molecule has 116 valence electrons. The Bertz CT molecular complexity index is 516. The molecule has 0 saturated heterocycles. The zero-order valence-electron chi connectivity index (χ0n) is 12.7. The number of benzene rings is 1. The van der Waals surface area contributed by atoms with Crippen molar-refractivity contribution in [3.8, 4) is 11.5 Å². The van der Waals surface area contributed by atoms with Gasteiger partial charge in [-0.05, 0) is 24.5 Å². The topological polar surface area (TPSA) is 47.6 Å². The second-order valence-electron chi connectivity index (χ2n) is 5.57. The maximum absolute atomic E-state index is 12.4. The number of halogens is 1. The zero-order valence-corrected chi connectivity index (χ0v) is 13.5. The van der Waals surface area contributed by atoms with Gasteiger partial charge in [0.1, 0.15) is 0 Å². The molecule has 1 aliphatic heterocycles. The summed E-state index contributed by atoms with van der Waals surface area (Å²) < 4.78 is 11.2. The molecule has 0 saturated carbocycles. The van der Waals surface area contributed by atoms with Crippen LogP contribution >= 0.6 is 11.6 Å². The van der Waals surface area contributed by atoms with Gasteiger partial charge in [0.05, 0.1) is 18.2 Å². The number of fused-ring (bicyclic) bond motifs is 1. The van der Waals surface area contributed by atoms with Gasteiger partial charge in [-0.3, -0.25) is 4.79 Å². The van der Waals surface area contributed by atoms with Crippen LogP contribution in [0.3, 0.4) is 0 Å². The van der Waals surface area contributed by atoms with Gasteiger partial charge in [-0.15, -0.1) is 0 Å². The van der Waals surface area contributed by atoms with E-state index in [2.05, 4.69) is 26.1 Å². The summed E-state index contributed by atoms with van der Waals surface area (Å²) in [4.78, 5) is 12.4. The Hall–Kier alpha value is -1.42. The highest BCUT2D eigenvalue weighted by molar-refractivity contribution is 6.32. The van der Waals surface area contributed by atoms with Gasteiger partial charge in [-0.25, -0.2) is 0 Å². The standard InChI is InChI=1S/C16H22ClNO3/c1-4-13(10(2)3)18-16(19)11-8-12(17)15-14(9-11)20-6-5-7-21-15/h8-10,13H,4-7H2,1-3H3,(H,18,19)/t13-/m1/s1. The lowest BCUT2D eigenvalue weighted by Crippen LogP contribution is -2.38. The third kappa shape index (κ3) is 3.82. The summed E-state index contributed by atoms with van der Waals surface area (Å²) in [7, 11) is 0. The molecule has 1 heterocycles. The minimum absolute atomic E-state index is 0.131. The van der Waals surface area contributed by atoms with Crippen molar-refractivity contribution in [1.82, 2.24) is 5.32 Å². The van der Waals surface area contributed by atoms with Gasteiger partial charge >= 0.3 is 0 Å². The molecule has 4 nitrogen and oxygen atoms in total. The zero-order chi connectivity index (χ0) is 15.4. The lowest BCUT2D eigenvalue weighted by Gasteiger charge is -2.21. The summed E-state index contributed by atoms with van der Waals surface area (Å²) in [6.45, 7) is 7.39. The van der Waals surface area contributed by atoms with E-state index in [9.17, 15) is 4.79 Å². The summed E-state index contributed by atoms with van der Waals surface area (Å²) in [5.74, 6) is 1.33. The van der Waals surface area contributed by atoms with Crippen LogP contribution in [0.15, 0.2) is 12.1 Å². The average molecular weight is 312 g/mol. The second kappa shape index (κ2) is 7.03. The SMILES string of the molecule is CC[C@@H](NC(=O)c1cc(Cl)c2c(c1)OCCCO2)C(C)C. The van der Waals surface area contributed by atoms with Gasteiger partial charge in [0.2, 0.25) is 0 Å². The molecule has 0 bridgehead atoms. The Morgan fingerprint density at radius 3 is 2.71 bits per heavy atom. The van der Waals surface area contributed by atoms with Crippen LogP contribution in [0.1, 0.15) is 44.0 Å². The molecule has 21 heavy (non-hydrogen) atoms. The first-order valence-electron chi connectivity index (χ1n) is 7.43. The highest BCUT2D eigenvalue weighted by Crippen LogP contribution is 2.38. The molecule has 0 fully saturated rings. The lowest BCUT2D eigenvalue weighted by atomic mass is 10.0. The van der Waals surface area contributed by atoms with E-state index in [1.807, 2.05) is 0 Å². The average Bonchev–Trinajstić information content (AvgIpc) is 2.69. The Morgan fingerprint density at radius 2 is 2.05 bits per heavy atom. The third-order valence-corrected chi connectivity index (χ3v) is 3.91. The van der Waals surface area contributed by atoms with Crippen molar-refractivity contribution >= 4 is 17.5 Å². The van der Waals surface area contributed by atoms with E-state index in [1.54, 1.807) is 12.1 Å². The number of hydrogen-bond acceptors (Lipinski definition) is 3. The van der Waals surface area contributed by atoms with Gasteiger partial charge in [-0.1, -0.05) is 32.4 Å². The number of carbonyl (C=O) groups is 1. The summed E-state index contributed by atoms with van der Waals surface area (Å²) in [5.41, 5.74) is 0.503. The van der Waals surface area contributed by atoms with E-state index >= 15 is 0 Å². The lowest BCUT2D eigenvalue weighted by molar-refractivity contribution is 0.0924. The molecular weight excluding hydrogens is 290 g/mol. The maximum atomic E-state index is 12.4. The number of nitrogens with one attached hydrogen (secondary N) is 1. The molecule has 1 atom stereocenters. The Morgan fingerprint density at radius 1 is 1.33 bits per heavy atom. The molecule has 1 N–H and O–H groups in total. The smallest absolute Gasteiger partial charge is 0.251 e. The van der Waals surface area contributed by atoms with Crippen molar-refractivity contribution in [2.45, 2.75) is 39.7 Å². The predicted molar refractivity (Wildman–Crippen MR) is 83.4 cm³/mol. The normalized spacial score (nSPS) is 15.5. The van der Waals surface area contributed by atoms with Crippen molar-refractivity contribution < 1.29 is 14.3 Å². The van der Waals surface area contributed by atoms with Crippen molar-refractivity contribution in [1.29, 1.82) is 0 Å². The highest BCUT2D eigenvalue weighted by Gasteiger charge is 2.20. The van der Waals surface area contributed by atoms with Crippen LogP contribution in [0.4, 0.5) is 0 Å². The van der Waals surface area contributed by atoms with E-state index in [0.717, 1.165) is 12.8 Å². The summed E-state index contributed by atoms with van der Waals surface area (Å²) in [6.07, 6.45) is 1.69. The van der Waals surface area contributed by atoms with Crippen LogP contribution in [0.25, 0.3) is 0 Å². The number of amides is 1. The van der Waals surface area contributed by atoms with Crippen LogP contribution in [0.2, 0.25) is 5.02 Å². The highest BCUT2D eigenvalue weighted by atomic mass is 35.5. The van der Waals surface area contributed by atoms with Gasteiger partial charge < -0.3 is 14.8 Å². The molecule has 5 heteroatoms. The fourth-order valence-electron chi connectivity index (χ4n) is 2.35. The molecule has 0 aliphatic carbocycles. The molecule has 1 amide bonds. The van der Waals surface area contributed by atoms with Crippen molar-refractivity contribution in [3.05, 3.63) is 22.7 Å². The monoisotopic (exact) mass is 311 g/mol. The van der Waals surface area contributed by atoms with Crippen LogP contribution in [0, 0.1) is 5.92 Å². The van der Waals surface area contributed by atoms with Gasteiger partial charge in [-0.2, -0.15) is 0 Å². The minimum Gasteiger partial charge on any atom is -0.489 e. The molecule has 0 aromatic heterocycles. The molecule has 0 unspecified atom stereocenters. The van der Waals surface area contributed by atoms with E-state index in [0.29, 0.717) is 41.2 Å². The molecule has 1 aliphatic rings. The second-order valence-corrected chi connectivity index (χ2v) is 5.98. The number of carbonyl (C=O) groups excluding carboxylic acids is 1. The number of hydrogen-bond donors (Lipinski definition) is 1. The molecule has 0 radical (unpaired) electrons.